The topological polar surface area (TPSA) is 54.2 Å². The van der Waals surface area contributed by atoms with Crippen LogP contribution in [0.5, 0.6) is 0 Å². The van der Waals surface area contributed by atoms with E-state index >= 15 is 0 Å². The molecule has 0 fully saturated rings. The average molecular weight is 461 g/mol. The molecule has 140 valence electrons. The van der Waals surface area contributed by atoms with Crippen molar-refractivity contribution in [2.24, 2.45) is 12.0 Å². The monoisotopic (exact) mass is 461 g/mol. The number of halogens is 4. The fraction of sp³-hybridized carbons (Fsp3) is 0.733. The number of aliphatic imine (C=N–C) groups is 1. The van der Waals surface area contributed by atoms with Crippen molar-refractivity contribution >= 4 is 29.9 Å². The van der Waals surface area contributed by atoms with Gasteiger partial charge in [-0.3, -0.25) is 4.68 Å². The molecule has 0 unspecified atom stereocenters. The van der Waals surface area contributed by atoms with Crippen LogP contribution in [0, 0.1) is 0 Å². The van der Waals surface area contributed by atoms with Crippen LogP contribution in [-0.4, -0.2) is 28.8 Å². The van der Waals surface area contributed by atoms with Gasteiger partial charge >= 0.3 is 6.18 Å². The molecule has 0 bridgehead atoms. The summed E-state index contributed by atoms with van der Waals surface area (Å²) in [4.78, 5) is 4.23. The van der Waals surface area contributed by atoms with Crippen LogP contribution in [0.25, 0.3) is 0 Å². The number of aryl methyl sites for hydroxylation is 1. The van der Waals surface area contributed by atoms with Crippen LogP contribution in [0.4, 0.5) is 13.2 Å². The number of hydrogen-bond acceptors (Lipinski definition) is 2. The Morgan fingerprint density at radius 1 is 1.21 bits per heavy atom. The minimum atomic E-state index is -4.46. The van der Waals surface area contributed by atoms with Crippen molar-refractivity contribution in [1.29, 1.82) is 0 Å². The number of rotatable bonds is 8. The van der Waals surface area contributed by atoms with Gasteiger partial charge < -0.3 is 10.6 Å². The number of nitrogens with one attached hydrogen (secondary N) is 2. The van der Waals surface area contributed by atoms with Crippen molar-refractivity contribution in [3.8, 4) is 0 Å². The summed E-state index contributed by atoms with van der Waals surface area (Å²) in [6.07, 6.45) is 1.38. The van der Waals surface area contributed by atoms with E-state index in [2.05, 4.69) is 27.6 Å². The molecule has 0 saturated heterocycles. The lowest BCUT2D eigenvalue weighted by Gasteiger charge is -2.11. The second kappa shape index (κ2) is 11.5. The Balaban J connectivity index is 0.00000529. The van der Waals surface area contributed by atoms with Gasteiger partial charge in [0.15, 0.2) is 11.7 Å². The molecule has 1 aromatic heterocycles. The molecule has 0 aliphatic carbocycles. The average Bonchev–Trinajstić information content (AvgIpc) is 2.85. The molecule has 0 spiro atoms. The zero-order valence-electron chi connectivity index (χ0n) is 14.4. The van der Waals surface area contributed by atoms with Gasteiger partial charge in [0.2, 0.25) is 0 Å². The fourth-order valence-electron chi connectivity index (χ4n) is 2.16. The zero-order chi connectivity index (χ0) is 17.3. The van der Waals surface area contributed by atoms with E-state index in [1.165, 1.54) is 24.3 Å². The number of hydrogen-bond donors (Lipinski definition) is 2. The van der Waals surface area contributed by atoms with Gasteiger partial charge in [0.05, 0.1) is 6.54 Å². The first kappa shape index (κ1) is 23.0. The Bertz CT molecular complexity index is 500. The Labute approximate surface area is 158 Å². The molecule has 0 aliphatic rings. The summed E-state index contributed by atoms with van der Waals surface area (Å²) in [6.45, 7) is 5.41. The van der Waals surface area contributed by atoms with Crippen LogP contribution in [-0.2, 0) is 19.8 Å². The quantitative estimate of drug-likeness (QED) is 0.269. The number of alkyl halides is 3. The minimum absolute atomic E-state index is 0. The van der Waals surface area contributed by atoms with Gasteiger partial charge in [-0.15, -0.1) is 24.0 Å². The molecular formula is C15H27F3IN5. The van der Waals surface area contributed by atoms with E-state index < -0.39 is 11.9 Å². The summed E-state index contributed by atoms with van der Waals surface area (Å²) in [6, 6.07) is 0. The van der Waals surface area contributed by atoms with Crippen LogP contribution in [0.15, 0.2) is 11.2 Å². The molecule has 0 atom stereocenters. The molecule has 2 N–H and O–H groups in total. The third-order valence-electron chi connectivity index (χ3n) is 3.25. The van der Waals surface area contributed by atoms with E-state index in [1.807, 2.05) is 6.92 Å². The van der Waals surface area contributed by atoms with Crippen LogP contribution in [0.3, 0.4) is 0 Å². The summed E-state index contributed by atoms with van der Waals surface area (Å²) in [5.41, 5.74) is -0.800. The first-order chi connectivity index (χ1) is 10.9. The van der Waals surface area contributed by atoms with Crippen molar-refractivity contribution < 1.29 is 13.2 Å². The highest BCUT2D eigenvalue weighted by molar-refractivity contribution is 14.0. The molecule has 1 heterocycles. The van der Waals surface area contributed by atoms with Gasteiger partial charge in [-0.25, -0.2) is 4.99 Å². The summed E-state index contributed by atoms with van der Waals surface area (Å²) in [5.74, 6) is 0.529. The zero-order valence-corrected chi connectivity index (χ0v) is 16.7. The van der Waals surface area contributed by atoms with Crippen molar-refractivity contribution in [3.05, 3.63) is 17.5 Å². The summed E-state index contributed by atoms with van der Waals surface area (Å²) >= 11 is 0. The molecule has 0 saturated carbocycles. The van der Waals surface area contributed by atoms with Crippen LogP contribution in [0.1, 0.15) is 50.8 Å². The SMILES string of the molecule is CCCCCCNC(=NCc1cn(C)nc1C(F)(F)F)NCC.I. The standard InChI is InChI=1S/C15H26F3N5.HI/c1-4-6-7-8-9-20-14(19-5-2)21-10-12-11-23(3)22-13(12)15(16,17)18;/h11H,4-10H2,1-3H3,(H2,19,20,21);1H. The summed E-state index contributed by atoms with van der Waals surface area (Å²) < 4.78 is 39.9. The Morgan fingerprint density at radius 3 is 2.50 bits per heavy atom. The maximum absolute atomic E-state index is 12.9. The first-order valence-electron chi connectivity index (χ1n) is 8.00. The highest BCUT2D eigenvalue weighted by Gasteiger charge is 2.36. The third-order valence-corrected chi connectivity index (χ3v) is 3.25. The van der Waals surface area contributed by atoms with Crippen molar-refractivity contribution in [2.75, 3.05) is 13.1 Å². The van der Waals surface area contributed by atoms with Crippen LogP contribution in [0.2, 0.25) is 0 Å². The number of aromatic nitrogens is 2. The fourth-order valence-corrected chi connectivity index (χ4v) is 2.16. The molecule has 0 radical (unpaired) electrons. The Morgan fingerprint density at radius 2 is 1.92 bits per heavy atom. The molecule has 0 aromatic carbocycles. The van der Waals surface area contributed by atoms with E-state index in [4.69, 9.17) is 0 Å². The maximum atomic E-state index is 12.9. The predicted octanol–water partition coefficient (Wildman–Crippen LogP) is 3.69. The lowest BCUT2D eigenvalue weighted by Crippen LogP contribution is -2.37. The van der Waals surface area contributed by atoms with Crippen molar-refractivity contribution in [2.45, 2.75) is 52.3 Å². The number of unbranched alkanes of at least 4 members (excludes halogenated alkanes) is 3. The summed E-state index contributed by atoms with van der Waals surface area (Å²) in [7, 11) is 1.47. The van der Waals surface area contributed by atoms with Gasteiger partial charge in [0.25, 0.3) is 0 Å². The van der Waals surface area contributed by atoms with E-state index in [0.717, 1.165) is 25.8 Å². The highest BCUT2D eigenvalue weighted by Crippen LogP contribution is 2.30. The third kappa shape index (κ3) is 8.20. The molecule has 1 rings (SSSR count). The minimum Gasteiger partial charge on any atom is -0.357 e. The van der Waals surface area contributed by atoms with Gasteiger partial charge in [0.1, 0.15) is 0 Å². The van der Waals surface area contributed by atoms with E-state index in [0.29, 0.717) is 12.5 Å². The summed E-state index contributed by atoms with van der Waals surface area (Å²) in [5, 5.41) is 9.67. The number of nitrogens with zero attached hydrogens (tertiary/aromatic N) is 3. The Hall–Kier alpha value is -1.00. The maximum Gasteiger partial charge on any atom is 0.435 e. The molecule has 0 aliphatic heterocycles. The lowest BCUT2D eigenvalue weighted by molar-refractivity contribution is -0.142. The predicted molar refractivity (Wildman–Crippen MR) is 101 cm³/mol. The lowest BCUT2D eigenvalue weighted by atomic mass is 10.2. The molecule has 9 heteroatoms. The molecule has 24 heavy (non-hydrogen) atoms. The smallest absolute Gasteiger partial charge is 0.357 e. The van der Waals surface area contributed by atoms with Crippen LogP contribution < -0.4 is 10.6 Å². The first-order valence-corrected chi connectivity index (χ1v) is 8.00. The van der Waals surface area contributed by atoms with Crippen LogP contribution >= 0.6 is 24.0 Å². The van der Waals surface area contributed by atoms with E-state index in [9.17, 15) is 13.2 Å². The molecular weight excluding hydrogens is 434 g/mol. The van der Waals surface area contributed by atoms with Gasteiger partial charge in [-0.1, -0.05) is 26.2 Å². The van der Waals surface area contributed by atoms with E-state index in [1.54, 1.807) is 0 Å². The second-order valence-electron chi connectivity index (χ2n) is 5.36. The van der Waals surface area contributed by atoms with Crippen molar-refractivity contribution in [1.82, 2.24) is 20.4 Å². The molecule has 1 aromatic rings. The normalized spacial score (nSPS) is 12.0. The highest BCUT2D eigenvalue weighted by atomic mass is 127. The van der Waals surface area contributed by atoms with Gasteiger partial charge in [0, 0.05) is 31.9 Å². The molecule has 5 nitrogen and oxygen atoms in total. The molecule has 0 amide bonds. The second-order valence-corrected chi connectivity index (χ2v) is 5.36. The van der Waals surface area contributed by atoms with E-state index in [-0.39, 0.29) is 36.1 Å². The number of guanidine groups is 1. The van der Waals surface area contributed by atoms with Gasteiger partial charge in [-0.05, 0) is 13.3 Å². The van der Waals surface area contributed by atoms with Crippen molar-refractivity contribution in [3.63, 3.8) is 0 Å². The van der Waals surface area contributed by atoms with Gasteiger partial charge in [-0.2, -0.15) is 18.3 Å². The Kier molecular flexibility index (Phi) is 11.1. The largest absolute Gasteiger partial charge is 0.435 e.